The number of esters is 1. The van der Waals surface area contributed by atoms with E-state index in [1.54, 1.807) is 0 Å². The summed E-state index contributed by atoms with van der Waals surface area (Å²) in [5.41, 5.74) is 4.73. The van der Waals surface area contributed by atoms with Gasteiger partial charge in [-0.15, -0.1) is 0 Å². The lowest BCUT2D eigenvalue weighted by atomic mass is 9.99. The third kappa shape index (κ3) is 4.96. The van der Waals surface area contributed by atoms with E-state index in [2.05, 4.69) is 5.16 Å². The molecule has 0 unspecified atom stereocenters. The van der Waals surface area contributed by atoms with Gasteiger partial charge in [0.25, 0.3) is 0 Å². The molecule has 0 spiro atoms. The summed E-state index contributed by atoms with van der Waals surface area (Å²) in [5, 5.41) is 4.16. The van der Waals surface area contributed by atoms with Crippen molar-refractivity contribution < 1.29 is 19.1 Å². The maximum Gasteiger partial charge on any atom is 0.341 e. The van der Waals surface area contributed by atoms with Gasteiger partial charge in [-0.3, -0.25) is 0 Å². The van der Waals surface area contributed by atoms with Crippen molar-refractivity contribution in [2.24, 2.45) is 5.16 Å². The van der Waals surface area contributed by atoms with Crippen molar-refractivity contribution >= 4 is 17.3 Å². The van der Waals surface area contributed by atoms with Gasteiger partial charge in [-0.2, -0.15) is 0 Å². The first-order valence-electron chi connectivity index (χ1n) is 8.20. The fourth-order valence-corrected chi connectivity index (χ4v) is 2.43. The van der Waals surface area contributed by atoms with Gasteiger partial charge in [-0.25, -0.2) is 4.79 Å². The molecule has 5 heteroatoms. The molecule has 0 radical (unpaired) electrons. The van der Waals surface area contributed by atoms with Crippen LogP contribution in [0.25, 0.3) is 5.57 Å². The van der Waals surface area contributed by atoms with Gasteiger partial charge in [-0.05, 0) is 42.2 Å². The number of hydrogen-bond donors (Lipinski definition) is 0. The molecular formula is C21H23NO4. The Labute approximate surface area is 153 Å². The molecule has 0 fully saturated rings. The van der Waals surface area contributed by atoms with Gasteiger partial charge in [0.05, 0.1) is 26.2 Å². The van der Waals surface area contributed by atoms with Gasteiger partial charge in [0, 0.05) is 0 Å². The molecule has 136 valence electrons. The van der Waals surface area contributed by atoms with Gasteiger partial charge in [-0.1, -0.05) is 47.6 Å². The zero-order valence-electron chi connectivity index (χ0n) is 15.5. The van der Waals surface area contributed by atoms with E-state index in [0.717, 1.165) is 28.0 Å². The second-order valence-corrected chi connectivity index (χ2v) is 5.72. The summed E-state index contributed by atoms with van der Waals surface area (Å²) in [6.07, 6.45) is 1.39. The van der Waals surface area contributed by atoms with E-state index in [0.29, 0.717) is 12.2 Å². The van der Waals surface area contributed by atoms with Crippen LogP contribution in [0.3, 0.4) is 0 Å². The number of aryl methyl sites for hydroxylation is 1. The lowest BCUT2D eigenvalue weighted by Crippen LogP contribution is -2.06. The van der Waals surface area contributed by atoms with Crippen LogP contribution in [0.2, 0.25) is 0 Å². The molecule has 0 heterocycles. The van der Waals surface area contributed by atoms with Crippen LogP contribution in [0.4, 0.5) is 0 Å². The van der Waals surface area contributed by atoms with E-state index < -0.39 is 5.97 Å². The van der Waals surface area contributed by atoms with Crippen molar-refractivity contribution in [3.05, 3.63) is 77.0 Å². The second kappa shape index (κ2) is 9.42. The zero-order chi connectivity index (χ0) is 18.9. The fourth-order valence-electron chi connectivity index (χ4n) is 2.43. The van der Waals surface area contributed by atoms with Gasteiger partial charge in [0.15, 0.2) is 0 Å². The largest absolute Gasteiger partial charge is 0.503 e. The highest BCUT2D eigenvalue weighted by molar-refractivity contribution is 6.16. The minimum atomic E-state index is -0.453. The maximum atomic E-state index is 12.0. The Bertz CT molecular complexity index is 810. The summed E-state index contributed by atoms with van der Waals surface area (Å²) in [7, 11) is 2.83. The van der Waals surface area contributed by atoms with Gasteiger partial charge in [0.2, 0.25) is 0 Å². The molecule has 0 atom stereocenters. The molecule has 0 aliphatic rings. The van der Waals surface area contributed by atoms with E-state index >= 15 is 0 Å². The minimum absolute atomic E-state index is 0.291. The number of benzene rings is 2. The lowest BCUT2D eigenvalue weighted by molar-refractivity contribution is -0.133. The van der Waals surface area contributed by atoms with Gasteiger partial charge in [0.1, 0.15) is 12.2 Å². The average molecular weight is 353 g/mol. The van der Waals surface area contributed by atoms with Crippen LogP contribution in [0.5, 0.6) is 0 Å². The number of oxime groups is 1. The predicted molar refractivity (Wildman–Crippen MR) is 102 cm³/mol. The van der Waals surface area contributed by atoms with Crippen molar-refractivity contribution in [2.75, 3.05) is 14.2 Å². The van der Waals surface area contributed by atoms with Crippen LogP contribution in [0.1, 0.15) is 29.2 Å². The Balaban J connectivity index is 2.16. The first-order chi connectivity index (χ1) is 12.6. The van der Waals surface area contributed by atoms with Crippen molar-refractivity contribution in [3.8, 4) is 0 Å². The summed E-state index contributed by atoms with van der Waals surface area (Å²) in [4.78, 5) is 17.5. The summed E-state index contributed by atoms with van der Waals surface area (Å²) in [6, 6.07) is 15.6. The highest BCUT2D eigenvalue weighted by Gasteiger charge is 2.16. The predicted octanol–water partition coefficient (Wildman–Crippen LogP) is 4.10. The summed E-state index contributed by atoms with van der Waals surface area (Å²) in [5.74, 6) is -0.453. The first-order valence-corrected chi connectivity index (χ1v) is 8.20. The van der Waals surface area contributed by atoms with Crippen LogP contribution in [-0.2, 0) is 25.7 Å². The van der Waals surface area contributed by atoms with Crippen LogP contribution in [0, 0.1) is 6.92 Å². The normalized spacial score (nSPS) is 11.8. The second-order valence-electron chi connectivity index (χ2n) is 5.72. The Morgan fingerprint density at radius 1 is 1.12 bits per heavy atom. The molecule has 2 aromatic rings. The topological polar surface area (TPSA) is 57.1 Å². The number of ether oxygens (including phenoxy) is 2. The van der Waals surface area contributed by atoms with Gasteiger partial charge >= 0.3 is 5.97 Å². The molecule has 0 N–H and O–H groups in total. The van der Waals surface area contributed by atoms with Crippen molar-refractivity contribution in [1.29, 1.82) is 0 Å². The number of nitrogens with zero attached hydrogens (tertiary/aromatic N) is 1. The molecule has 0 amide bonds. The minimum Gasteiger partial charge on any atom is -0.503 e. The fraction of sp³-hybridized carbons (Fsp3) is 0.238. The molecule has 2 rings (SSSR count). The van der Waals surface area contributed by atoms with Crippen LogP contribution >= 0.6 is 0 Å². The molecule has 0 bridgehead atoms. The third-order valence-corrected chi connectivity index (χ3v) is 3.86. The molecule has 2 aromatic carbocycles. The van der Waals surface area contributed by atoms with Crippen LogP contribution < -0.4 is 0 Å². The monoisotopic (exact) mass is 353 g/mol. The van der Waals surface area contributed by atoms with E-state index in [1.165, 1.54) is 20.5 Å². The molecule has 26 heavy (non-hydrogen) atoms. The highest BCUT2D eigenvalue weighted by atomic mass is 16.6. The van der Waals surface area contributed by atoms with E-state index in [-0.39, 0.29) is 0 Å². The number of carbonyl (C=O) groups excluding carboxylic acids is 1. The highest BCUT2D eigenvalue weighted by Crippen LogP contribution is 2.22. The van der Waals surface area contributed by atoms with Crippen LogP contribution in [-0.4, -0.2) is 25.9 Å². The molecular weight excluding hydrogens is 330 g/mol. The van der Waals surface area contributed by atoms with E-state index in [1.807, 2.05) is 62.4 Å². The molecule has 0 aliphatic heterocycles. The van der Waals surface area contributed by atoms with Crippen molar-refractivity contribution in [3.63, 3.8) is 0 Å². The number of hydrogen-bond acceptors (Lipinski definition) is 5. The quantitative estimate of drug-likeness (QED) is 0.247. The molecule has 0 aromatic heterocycles. The maximum absolute atomic E-state index is 12.0. The summed E-state index contributed by atoms with van der Waals surface area (Å²) >= 11 is 0. The van der Waals surface area contributed by atoms with Crippen molar-refractivity contribution in [2.45, 2.75) is 20.5 Å². The molecule has 0 saturated carbocycles. The van der Waals surface area contributed by atoms with Crippen LogP contribution in [0.15, 0.2) is 59.9 Å². The first kappa shape index (κ1) is 19.2. The summed E-state index contributed by atoms with van der Waals surface area (Å²) < 4.78 is 9.86. The standard InChI is InChI=1S/C21H23NO4/c1-15-10-11-17(12-19(15)20(14-24-3)21(23)25-4)13-26-22-16(2)18-8-6-5-7-9-18/h5-12,14H,13H2,1-4H3/b20-14+,22-16?. The Kier molecular flexibility index (Phi) is 6.97. The lowest BCUT2D eigenvalue weighted by Gasteiger charge is -2.11. The Morgan fingerprint density at radius 2 is 1.85 bits per heavy atom. The van der Waals surface area contributed by atoms with E-state index in [9.17, 15) is 4.79 Å². The smallest absolute Gasteiger partial charge is 0.341 e. The third-order valence-electron chi connectivity index (χ3n) is 3.86. The van der Waals surface area contributed by atoms with Gasteiger partial charge < -0.3 is 14.3 Å². The Morgan fingerprint density at radius 3 is 2.50 bits per heavy atom. The molecule has 0 saturated heterocycles. The SMILES string of the molecule is CO/C=C(/C(=O)OC)c1cc(CON=C(C)c2ccccc2)ccc1C. The number of rotatable bonds is 7. The van der Waals surface area contributed by atoms with Crippen molar-refractivity contribution in [1.82, 2.24) is 0 Å². The van der Waals surface area contributed by atoms with E-state index in [4.69, 9.17) is 14.3 Å². The Hall–Kier alpha value is -3.08. The molecule has 5 nitrogen and oxygen atoms in total. The zero-order valence-corrected chi connectivity index (χ0v) is 15.5. The average Bonchev–Trinajstić information content (AvgIpc) is 2.67. The number of methoxy groups -OCH3 is 2. The summed E-state index contributed by atoms with van der Waals surface area (Å²) in [6.45, 7) is 4.11. The number of carbonyl (C=O) groups is 1. The molecule has 0 aliphatic carbocycles.